The van der Waals surface area contributed by atoms with E-state index in [0.717, 1.165) is 6.07 Å². The fourth-order valence-electron chi connectivity index (χ4n) is 1.23. The molecule has 0 saturated carbocycles. The highest BCUT2D eigenvalue weighted by Crippen LogP contribution is 2.22. The molecule has 0 aromatic heterocycles. The van der Waals surface area contributed by atoms with Gasteiger partial charge in [0.25, 0.3) is 5.69 Å². The molecule has 84 valence electrons. The normalized spacial score (nSPS) is 9.56. The van der Waals surface area contributed by atoms with Gasteiger partial charge in [-0.05, 0) is 6.92 Å². The highest BCUT2D eigenvalue weighted by atomic mass is 16.6. The van der Waals surface area contributed by atoms with Crippen LogP contribution in [-0.4, -0.2) is 23.8 Å². The molecule has 0 radical (unpaired) electrons. The molecule has 0 aliphatic rings. The Balaban J connectivity index is 3.35. The lowest BCUT2D eigenvalue weighted by atomic mass is 10.1. The summed E-state index contributed by atoms with van der Waals surface area (Å²) in [6.07, 6.45) is 0.388. The van der Waals surface area contributed by atoms with Crippen LogP contribution in [-0.2, 0) is 4.74 Å². The number of ether oxygens (including phenoxy) is 1. The van der Waals surface area contributed by atoms with Crippen molar-refractivity contribution in [1.29, 1.82) is 0 Å². The summed E-state index contributed by atoms with van der Waals surface area (Å²) in [5, 5.41) is 10.7. The minimum absolute atomic E-state index is 0.0485. The first kappa shape index (κ1) is 11.8. The van der Waals surface area contributed by atoms with Crippen LogP contribution in [0.3, 0.4) is 0 Å². The Kier molecular flexibility index (Phi) is 3.71. The number of nitro groups is 1. The molecule has 1 aromatic rings. The number of hydrogen-bond acceptors (Lipinski definition) is 5. The second-order valence-corrected chi connectivity index (χ2v) is 2.84. The van der Waals surface area contributed by atoms with Gasteiger partial charge in [0.05, 0.1) is 11.5 Å². The summed E-state index contributed by atoms with van der Waals surface area (Å²) in [5.74, 6) is -0.864. The Bertz CT molecular complexity index is 441. The molecule has 16 heavy (non-hydrogen) atoms. The van der Waals surface area contributed by atoms with Crippen LogP contribution in [0, 0.1) is 10.1 Å². The number of aldehydes is 1. The molecular formula is C10H9NO5. The molecule has 0 fully saturated rings. The quantitative estimate of drug-likeness (QED) is 0.334. The summed E-state index contributed by atoms with van der Waals surface area (Å²) in [6, 6.07) is 3.82. The third-order valence-corrected chi connectivity index (χ3v) is 1.88. The lowest BCUT2D eigenvalue weighted by Crippen LogP contribution is -2.11. The molecule has 0 heterocycles. The topological polar surface area (TPSA) is 86.5 Å². The van der Waals surface area contributed by atoms with Gasteiger partial charge in [-0.3, -0.25) is 14.9 Å². The lowest BCUT2D eigenvalue weighted by molar-refractivity contribution is -0.385. The SMILES string of the molecule is CCOC(=O)c1c(C=O)cccc1[N+](=O)[O-]. The van der Waals surface area contributed by atoms with Gasteiger partial charge in [0.15, 0.2) is 6.29 Å². The Hall–Kier alpha value is -2.24. The third kappa shape index (κ3) is 2.22. The molecule has 0 saturated heterocycles. The second kappa shape index (κ2) is 5.01. The van der Waals surface area contributed by atoms with Crippen molar-refractivity contribution >= 4 is 17.9 Å². The average Bonchev–Trinajstić information content (AvgIpc) is 2.28. The first-order valence-corrected chi connectivity index (χ1v) is 4.51. The maximum Gasteiger partial charge on any atom is 0.345 e. The van der Waals surface area contributed by atoms with E-state index in [-0.39, 0.29) is 17.7 Å². The molecule has 0 amide bonds. The van der Waals surface area contributed by atoms with Gasteiger partial charge in [0.2, 0.25) is 0 Å². The molecule has 0 aliphatic carbocycles. The summed E-state index contributed by atoms with van der Waals surface area (Å²) >= 11 is 0. The fourth-order valence-corrected chi connectivity index (χ4v) is 1.23. The minimum Gasteiger partial charge on any atom is -0.462 e. The van der Waals surface area contributed by atoms with Crippen molar-refractivity contribution < 1.29 is 19.2 Å². The van der Waals surface area contributed by atoms with Crippen LogP contribution in [0.4, 0.5) is 5.69 Å². The summed E-state index contributed by atoms with van der Waals surface area (Å²) in [7, 11) is 0. The highest BCUT2D eigenvalue weighted by molar-refractivity contribution is 6.01. The molecule has 0 unspecified atom stereocenters. The number of rotatable bonds is 4. The third-order valence-electron chi connectivity index (χ3n) is 1.88. The van der Waals surface area contributed by atoms with E-state index in [9.17, 15) is 19.7 Å². The zero-order valence-corrected chi connectivity index (χ0v) is 8.50. The zero-order chi connectivity index (χ0) is 12.1. The maximum absolute atomic E-state index is 11.5. The highest BCUT2D eigenvalue weighted by Gasteiger charge is 2.24. The van der Waals surface area contributed by atoms with Gasteiger partial charge < -0.3 is 4.74 Å². The Morgan fingerprint density at radius 2 is 2.25 bits per heavy atom. The van der Waals surface area contributed by atoms with Crippen LogP contribution in [0.15, 0.2) is 18.2 Å². The van der Waals surface area contributed by atoms with Gasteiger partial charge in [-0.1, -0.05) is 12.1 Å². The van der Waals surface area contributed by atoms with E-state index >= 15 is 0 Å². The van der Waals surface area contributed by atoms with Crippen molar-refractivity contribution in [2.24, 2.45) is 0 Å². The predicted molar refractivity (Wildman–Crippen MR) is 54.4 cm³/mol. The molecule has 0 spiro atoms. The van der Waals surface area contributed by atoms with Gasteiger partial charge >= 0.3 is 5.97 Å². The number of nitrogens with zero attached hydrogens (tertiary/aromatic N) is 1. The van der Waals surface area contributed by atoms with Crippen molar-refractivity contribution in [2.75, 3.05) is 6.61 Å². The standard InChI is InChI=1S/C10H9NO5/c1-2-16-10(13)9-7(6-12)4-3-5-8(9)11(14)15/h3-6H,2H2,1H3. The number of nitro benzene ring substituents is 1. The molecule has 0 aliphatic heterocycles. The average molecular weight is 223 g/mol. The monoisotopic (exact) mass is 223 g/mol. The van der Waals surface area contributed by atoms with E-state index in [2.05, 4.69) is 4.74 Å². The van der Waals surface area contributed by atoms with E-state index in [1.165, 1.54) is 12.1 Å². The van der Waals surface area contributed by atoms with E-state index in [4.69, 9.17) is 0 Å². The van der Waals surface area contributed by atoms with Crippen molar-refractivity contribution in [2.45, 2.75) is 6.92 Å². The number of hydrogen-bond donors (Lipinski definition) is 0. The Labute approximate surface area is 91.0 Å². The van der Waals surface area contributed by atoms with E-state index in [1.807, 2.05) is 0 Å². The molecule has 0 N–H and O–H groups in total. The van der Waals surface area contributed by atoms with Gasteiger partial charge in [0, 0.05) is 11.6 Å². The van der Waals surface area contributed by atoms with E-state index in [1.54, 1.807) is 6.92 Å². The predicted octanol–water partition coefficient (Wildman–Crippen LogP) is 1.58. The van der Waals surface area contributed by atoms with Crippen LogP contribution < -0.4 is 0 Å². The van der Waals surface area contributed by atoms with Crippen LogP contribution in [0.2, 0.25) is 0 Å². The molecule has 6 heteroatoms. The second-order valence-electron chi connectivity index (χ2n) is 2.84. The Morgan fingerprint density at radius 1 is 1.56 bits per heavy atom. The van der Waals surface area contributed by atoms with Crippen LogP contribution >= 0.6 is 0 Å². The Morgan fingerprint density at radius 3 is 2.75 bits per heavy atom. The first-order chi connectivity index (χ1) is 7.61. The smallest absolute Gasteiger partial charge is 0.345 e. The largest absolute Gasteiger partial charge is 0.462 e. The molecule has 1 aromatic carbocycles. The van der Waals surface area contributed by atoms with Crippen molar-refractivity contribution in [3.05, 3.63) is 39.4 Å². The fraction of sp³-hybridized carbons (Fsp3) is 0.200. The molecule has 0 bridgehead atoms. The molecule has 6 nitrogen and oxygen atoms in total. The van der Waals surface area contributed by atoms with Gasteiger partial charge in [-0.15, -0.1) is 0 Å². The van der Waals surface area contributed by atoms with Crippen LogP contribution in [0.1, 0.15) is 27.6 Å². The maximum atomic E-state index is 11.5. The summed E-state index contributed by atoms with van der Waals surface area (Å²) in [5.41, 5.74) is -0.778. The number of carbonyl (C=O) groups is 2. The minimum atomic E-state index is -0.864. The van der Waals surface area contributed by atoms with Gasteiger partial charge in [-0.2, -0.15) is 0 Å². The first-order valence-electron chi connectivity index (χ1n) is 4.51. The van der Waals surface area contributed by atoms with E-state index < -0.39 is 16.6 Å². The van der Waals surface area contributed by atoms with Gasteiger partial charge in [-0.25, -0.2) is 4.79 Å². The molecule has 0 atom stereocenters. The number of esters is 1. The number of carbonyl (C=O) groups excluding carboxylic acids is 2. The van der Waals surface area contributed by atoms with Gasteiger partial charge in [0.1, 0.15) is 5.56 Å². The van der Waals surface area contributed by atoms with E-state index in [0.29, 0.717) is 6.29 Å². The lowest BCUT2D eigenvalue weighted by Gasteiger charge is -2.04. The van der Waals surface area contributed by atoms with Crippen LogP contribution in [0.25, 0.3) is 0 Å². The summed E-state index contributed by atoms with van der Waals surface area (Å²) < 4.78 is 4.66. The zero-order valence-electron chi connectivity index (χ0n) is 8.50. The van der Waals surface area contributed by atoms with Crippen molar-refractivity contribution in [3.63, 3.8) is 0 Å². The van der Waals surface area contributed by atoms with Crippen LogP contribution in [0.5, 0.6) is 0 Å². The molecule has 1 rings (SSSR count). The summed E-state index contributed by atoms with van der Waals surface area (Å²) in [4.78, 5) is 32.1. The molecular weight excluding hydrogens is 214 g/mol. The summed E-state index contributed by atoms with van der Waals surface area (Å²) in [6.45, 7) is 1.66. The number of benzene rings is 1. The van der Waals surface area contributed by atoms with Crippen molar-refractivity contribution in [3.8, 4) is 0 Å². The van der Waals surface area contributed by atoms with Crippen molar-refractivity contribution in [1.82, 2.24) is 0 Å².